The zero-order chi connectivity index (χ0) is 8.81. The van der Waals surface area contributed by atoms with Gasteiger partial charge in [-0.25, -0.2) is 0 Å². The molecule has 0 saturated carbocycles. The number of nitrogens with two attached hydrogens (primary N) is 1. The molecule has 1 heterocycles. The topological polar surface area (TPSA) is 55.3 Å². The van der Waals surface area contributed by atoms with Crippen molar-refractivity contribution in [2.75, 3.05) is 19.6 Å². The molecule has 0 spiro atoms. The van der Waals surface area contributed by atoms with Gasteiger partial charge in [-0.15, -0.1) is 0 Å². The summed E-state index contributed by atoms with van der Waals surface area (Å²) in [5, 5.41) is 3.83. The summed E-state index contributed by atoms with van der Waals surface area (Å²) in [6, 6.07) is 1.87. The van der Waals surface area contributed by atoms with Crippen LogP contribution >= 0.6 is 0 Å². The van der Waals surface area contributed by atoms with Crippen LogP contribution in [0.15, 0.2) is 16.9 Å². The minimum Gasteiger partial charge on any atom is -0.364 e. The van der Waals surface area contributed by atoms with Gasteiger partial charge in [-0.05, 0) is 6.54 Å². The Balaban J connectivity index is 2.37. The van der Waals surface area contributed by atoms with Crippen LogP contribution in [0.3, 0.4) is 0 Å². The summed E-state index contributed by atoms with van der Waals surface area (Å²) in [7, 11) is 0. The van der Waals surface area contributed by atoms with Crippen LogP contribution in [-0.2, 0) is 6.54 Å². The summed E-state index contributed by atoms with van der Waals surface area (Å²) in [4.78, 5) is 2.22. The normalized spacial score (nSPS) is 10.9. The molecular weight excluding hydrogens is 154 g/mol. The smallest absolute Gasteiger partial charge is 0.124 e. The van der Waals surface area contributed by atoms with E-state index >= 15 is 0 Å². The molecule has 4 heteroatoms. The van der Waals surface area contributed by atoms with Gasteiger partial charge in [-0.2, -0.15) is 0 Å². The highest BCUT2D eigenvalue weighted by molar-refractivity contribution is 4.94. The Morgan fingerprint density at radius 1 is 1.67 bits per heavy atom. The van der Waals surface area contributed by atoms with Gasteiger partial charge in [0.2, 0.25) is 0 Å². The number of likely N-dealkylation sites (N-methyl/N-ethyl adjacent to an activating group) is 1. The van der Waals surface area contributed by atoms with Crippen molar-refractivity contribution >= 4 is 0 Å². The van der Waals surface area contributed by atoms with Crippen LogP contribution in [0.25, 0.3) is 0 Å². The second kappa shape index (κ2) is 4.90. The van der Waals surface area contributed by atoms with Crippen LogP contribution in [0.2, 0.25) is 0 Å². The Morgan fingerprint density at radius 2 is 2.50 bits per heavy atom. The van der Waals surface area contributed by atoms with E-state index in [9.17, 15) is 0 Å². The molecule has 0 radical (unpaired) electrons. The molecule has 0 aliphatic heterocycles. The van der Waals surface area contributed by atoms with Gasteiger partial charge in [0.1, 0.15) is 6.26 Å². The monoisotopic (exact) mass is 169 g/mol. The number of hydrogen-bond acceptors (Lipinski definition) is 4. The average Bonchev–Trinajstić information content (AvgIpc) is 2.56. The third-order valence-corrected chi connectivity index (χ3v) is 1.77. The highest BCUT2D eigenvalue weighted by Crippen LogP contribution is 1.99. The van der Waals surface area contributed by atoms with E-state index in [1.165, 1.54) is 0 Å². The zero-order valence-corrected chi connectivity index (χ0v) is 7.36. The van der Waals surface area contributed by atoms with Crippen molar-refractivity contribution in [3.05, 3.63) is 18.0 Å². The fourth-order valence-electron chi connectivity index (χ4n) is 1.08. The average molecular weight is 169 g/mol. The molecule has 0 atom stereocenters. The summed E-state index contributed by atoms with van der Waals surface area (Å²) >= 11 is 0. The molecule has 1 rings (SSSR count). The van der Waals surface area contributed by atoms with Gasteiger partial charge >= 0.3 is 0 Å². The zero-order valence-electron chi connectivity index (χ0n) is 7.36. The first-order valence-electron chi connectivity index (χ1n) is 4.18. The van der Waals surface area contributed by atoms with E-state index in [-0.39, 0.29) is 0 Å². The second-order valence-corrected chi connectivity index (χ2v) is 2.65. The molecule has 0 aromatic carbocycles. The van der Waals surface area contributed by atoms with Gasteiger partial charge in [0.05, 0.1) is 5.69 Å². The van der Waals surface area contributed by atoms with Gasteiger partial charge in [0, 0.05) is 25.7 Å². The van der Waals surface area contributed by atoms with Crippen molar-refractivity contribution in [1.29, 1.82) is 0 Å². The van der Waals surface area contributed by atoms with Gasteiger partial charge in [0.15, 0.2) is 0 Å². The number of aromatic nitrogens is 1. The van der Waals surface area contributed by atoms with Crippen LogP contribution < -0.4 is 5.73 Å². The number of rotatable bonds is 5. The molecule has 0 fully saturated rings. The van der Waals surface area contributed by atoms with Crippen molar-refractivity contribution in [3.63, 3.8) is 0 Å². The van der Waals surface area contributed by atoms with Crippen molar-refractivity contribution in [2.45, 2.75) is 13.5 Å². The first kappa shape index (κ1) is 9.22. The molecule has 4 nitrogen and oxygen atoms in total. The predicted octanol–water partition coefficient (Wildman–Crippen LogP) is 0.455. The third-order valence-electron chi connectivity index (χ3n) is 1.77. The molecule has 0 saturated heterocycles. The molecule has 1 aromatic heterocycles. The fourth-order valence-corrected chi connectivity index (χ4v) is 1.08. The lowest BCUT2D eigenvalue weighted by atomic mass is 10.4. The van der Waals surface area contributed by atoms with Crippen molar-refractivity contribution in [2.24, 2.45) is 5.73 Å². The van der Waals surface area contributed by atoms with Crippen LogP contribution in [0.1, 0.15) is 12.6 Å². The molecule has 12 heavy (non-hydrogen) atoms. The van der Waals surface area contributed by atoms with E-state index in [1.54, 1.807) is 6.26 Å². The molecule has 0 bridgehead atoms. The van der Waals surface area contributed by atoms with Crippen LogP contribution in [-0.4, -0.2) is 29.7 Å². The molecule has 0 aliphatic carbocycles. The lowest BCUT2D eigenvalue weighted by Crippen LogP contribution is -2.28. The quantitative estimate of drug-likeness (QED) is 0.695. The molecule has 2 N–H and O–H groups in total. The lowest BCUT2D eigenvalue weighted by Gasteiger charge is -2.17. The number of hydrogen-bond donors (Lipinski definition) is 1. The van der Waals surface area contributed by atoms with Crippen LogP contribution in [0.5, 0.6) is 0 Å². The largest absolute Gasteiger partial charge is 0.364 e. The Morgan fingerprint density at radius 3 is 3.00 bits per heavy atom. The van der Waals surface area contributed by atoms with Gasteiger partial charge in [-0.3, -0.25) is 4.90 Å². The van der Waals surface area contributed by atoms with Crippen molar-refractivity contribution in [3.8, 4) is 0 Å². The third kappa shape index (κ3) is 2.64. The standard InChI is InChI=1S/C8H15N3O/c1-2-11(5-4-9)7-8-3-6-12-10-8/h3,6H,2,4-5,7,9H2,1H3. The van der Waals surface area contributed by atoms with E-state index in [1.807, 2.05) is 6.07 Å². The second-order valence-electron chi connectivity index (χ2n) is 2.65. The first-order valence-corrected chi connectivity index (χ1v) is 4.18. The Kier molecular flexibility index (Phi) is 3.76. The number of nitrogens with zero attached hydrogens (tertiary/aromatic N) is 2. The van der Waals surface area contributed by atoms with Crippen molar-refractivity contribution < 1.29 is 4.52 Å². The van der Waals surface area contributed by atoms with E-state index in [4.69, 9.17) is 10.3 Å². The van der Waals surface area contributed by atoms with Crippen molar-refractivity contribution in [1.82, 2.24) is 10.1 Å². The summed E-state index contributed by atoms with van der Waals surface area (Å²) < 4.78 is 4.73. The van der Waals surface area contributed by atoms with Gasteiger partial charge in [0.25, 0.3) is 0 Å². The highest BCUT2D eigenvalue weighted by atomic mass is 16.5. The molecule has 68 valence electrons. The lowest BCUT2D eigenvalue weighted by molar-refractivity contribution is 0.277. The molecule has 1 aromatic rings. The maximum absolute atomic E-state index is 5.45. The van der Waals surface area contributed by atoms with Crippen LogP contribution in [0, 0.1) is 0 Å². The summed E-state index contributed by atoms with van der Waals surface area (Å²) in [5.74, 6) is 0. The maximum atomic E-state index is 5.45. The SMILES string of the molecule is CCN(CCN)Cc1ccon1. The summed E-state index contributed by atoms with van der Waals surface area (Å²) in [5.41, 5.74) is 6.41. The highest BCUT2D eigenvalue weighted by Gasteiger charge is 2.03. The predicted molar refractivity (Wildman–Crippen MR) is 46.5 cm³/mol. The van der Waals surface area contributed by atoms with E-state index in [0.717, 1.165) is 25.3 Å². The first-order chi connectivity index (χ1) is 5.86. The minimum atomic E-state index is 0.686. The van der Waals surface area contributed by atoms with Crippen LogP contribution in [0.4, 0.5) is 0 Å². The van der Waals surface area contributed by atoms with Gasteiger partial charge in [-0.1, -0.05) is 12.1 Å². The Hall–Kier alpha value is -0.870. The minimum absolute atomic E-state index is 0.686. The maximum Gasteiger partial charge on any atom is 0.124 e. The van der Waals surface area contributed by atoms with E-state index < -0.39 is 0 Å². The Bertz CT molecular complexity index is 198. The molecule has 0 aliphatic rings. The summed E-state index contributed by atoms with van der Waals surface area (Å²) in [6.45, 7) is 5.51. The van der Waals surface area contributed by atoms with Gasteiger partial charge < -0.3 is 10.3 Å². The molecule has 0 amide bonds. The Labute approximate surface area is 72.3 Å². The van der Waals surface area contributed by atoms with E-state index in [2.05, 4.69) is 17.0 Å². The fraction of sp³-hybridized carbons (Fsp3) is 0.625. The molecular formula is C8H15N3O. The van der Waals surface area contributed by atoms with E-state index in [0.29, 0.717) is 6.54 Å². The molecule has 0 unspecified atom stereocenters. The summed E-state index contributed by atoms with van der Waals surface area (Å²) in [6.07, 6.45) is 1.59.